The zero-order valence-corrected chi connectivity index (χ0v) is 19.0. The molecule has 0 radical (unpaired) electrons. The summed E-state index contributed by atoms with van der Waals surface area (Å²) in [4.78, 5) is 17.0. The van der Waals surface area contributed by atoms with Gasteiger partial charge in [0.05, 0.1) is 19.9 Å². The molecular formula is C24H19F3N4O5. The lowest BCUT2D eigenvalue weighted by Crippen LogP contribution is -2.23. The molecule has 0 atom stereocenters. The number of rotatable bonds is 6. The summed E-state index contributed by atoms with van der Waals surface area (Å²) in [5.41, 5.74) is -0.298. The smallest absolute Gasteiger partial charge is 0.433 e. The molecule has 5 rings (SSSR count). The van der Waals surface area contributed by atoms with Gasteiger partial charge < -0.3 is 24.3 Å². The maximum absolute atomic E-state index is 13.9. The van der Waals surface area contributed by atoms with Gasteiger partial charge >= 0.3 is 6.18 Å². The number of benzene rings is 2. The highest BCUT2D eigenvalue weighted by atomic mass is 19.4. The van der Waals surface area contributed by atoms with Crippen molar-refractivity contribution >= 4 is 11.6 Å². The highest BCUT2D eigenvalue weighted by molar-refractivity contribution is 5.93. The maximum Gasteiger partial charge on any atom is 0.433 e. The summed E-state index contributed by atoms with van der Waals surface area (Å²) in [6.07, 6.45) is -4.75. The molecular weight excluding hydrogens is 481 g/mol. The standard InChI is InChI=1S/C24H19F3N4O5/c1-33-17-6-4-14(8-19(17)34-2)15-9-21(24(25,26)27)31-22(29-15)10-16(30-31)23(32)28-11-13-3-5-18-20(7-13)36-12-35-18/h3-10H,11-12H2,1-2H3,(H,28,32). The third-order valence-electron chi connectivity index (χ3n) is 5.52. The molecule has 1 amide bonds. The number of nitrogens with one attached hydrogen (secondary N) is 1. The highest BCUT2D eigenvalue weighted by Crippen LogP contribution is 2.36. The highest BCUT2D eigenvalue weighted by Gasteiger charge is 2.35. The molecule has 0 bridgehead atoms. The summed E-state index contributed by atoms with van der Waals surface area (Å²) in [7, 11) is 2.87. The van der Waals surface area contributed by atoms with Crippen LogP contribution >= 0.6 is 0 Å². The van der Waals surface area contributed by atoms with Crippen LogP contribution in [0.4, 0.5) is 13.2 Å². The Morgan fingerprint density at radius 2 is 1.81 bits per heavy atom. The minimum absolute atomic E-state index is 0.0306. The van der Waals surface area contributed by atoms with Gasteiger partial charge in [-0.25, -0.2) is 9.50 Å². The first-order valence-electron chi connectivity index (χ1n) is 10.6. The molecule has 9 nitrogen and oxygen atoms in total. The first-order valence-corrected chi connectivity index (χ1v) is 10.6. The number of aromatic nitrogens is 3. The minimum Gasteiger partial charge on any atom is -0.493 e. The van der Waals surface area contributed by atoms with E-state index in [9.17, 15) is 18.0 Å². The second-order valence-corrected chi connectivity index (χ2v) is 7.76. The zero-order chi connectivity index (χ0) is 25.4. The number of halogens is 3. The van der Waals surface area contributed by atoms with Crippen molar-refractivity contribution in [3.8, 4) is 34.3 Å². The van der Waals surface area contributed by atoms with E-state index in [0.29, 0.717) is 33.1 Å². The molecule has 0 saturated heterocycles. The molecule has 0 unspecified atom stereocenters. The minimum atomic E-state index is -4.75. The fourth-order valence-corrected chi connectivity index (χ4v) is 3.75. The predicted molar refractivity (Wildman–Crippen MR) is 120 cm³/mol. The lowest BCUT2D eigenvalue weighted by Gasteiger charge is -2.12. The number of hydrogen-bond acceptors (Lipinski definition) is 7. The van der Waals surface area contributed by atoms with Crippen LogP contribution < -0.4 is 24.3 Å². The van der Waals surface area contributed by atoms with Gasteiger partial charge in [0.25, 0.3) is 5.91 Å². The fraction of sp³-hybridized carbons (Fsp3) is 0.208. The van der Waals surface area contributed by atoms with Crippen LogP contribution in [-0.2, 0) is 12.7 Å². The van der Waals surface area contributed by atoms with Crippen LogP contribution in [0.1, 0.15) is 21.7 Å². The molecule has 0 aliphatic carbocycles. The monoisotopic (exact) mass is 500 g/mol. The van der Waals surface area contributed by atoms with E-state index in [1.54, 1.807) is 30.3 Å². The first kappa shape index (κ1) is 23.3. The largest absolute Gasteiger partial charge is 0.493 e. The van der Waals surface area contributed by atoms with Gasteiger partial charge in [-0.1, -0.05) is 6.07 Å². The van der Waals surface area contributed by atoms with Crippen molar-refractivity contribution in [3.05, 3.63) is 65.5 Å². The van der Waals surface area contributed by atoms with Crippen molar-refractivity contribution in [3.63, 3.8) is 0 Å². The molecule has 12 heteroatoms. The zero-order valence-electron chi connectivity index (χ0n) is 19.0. The number of amides is 1. The van der Waals surface area contributed by atoms with E-state index in [4.69, 9.17) is 18.9 Å². The van der Waals surface area contributed by atoms with Crippen LogP contribution in [-0.4, -0.2) is 41.5 Å². The van der Waals surface area contributed by atoms with Crippen LogP contribution in [0.15, 0.2) is 48.5 Å². The molecule has 0 spiro atoms. The Morgan fingerprint density at radius 3 is 2.56 bits per heavy atom. The van der Waals surface area contributed by atoms with Gasteiger partial charge in [-0.15, -0.1) is 0 Å². The SMILES string of the molecule is COc1ccc(-c2cc(C(F)(F)F)n3nc(C(=O)NCc4ccc5c(c4)OCO5)cc3n2)cc1OC. The van der Waals surface area contributed by atoms with Gasteiger partial charge in [0.2, 0.25) is 6.79 Å². The van der Waals surface area contributed by atoms with Gasteiger partial charge in [0, 0.05) is 18.2 Å². The van der Waals surface area contributed by atoms with Gasteiger partial charge in [-0.2, -0.15) is 18.3 Å². The fourth-order valence-electron chi connectivity index (χ4n) is 3.75. The van der Waals surface area contributed by atoms with Crippen LogP contribution in [0.3, 0.4) is 0 Å². The average molecular weight is 500 g/mol. The third kappa shape index (κ3) is 4.32. The van der Waals surface area contributed by atoms with E-state index in [1.165, 1.54) is 26.4 Å². The van der Waals surface area contributed by atoms with Crippen molar-refractivity contribution in [2.75, 3.05) is 21.0 Å². The summed E-state index contributed by atoms with van der Waals surface area (Å²) < 4.78 is 63.3. The Hall–Kier alpha value is -4.48. The summed E-state index contributed by atoms with van der Waals surface area (Å²) in [6, 6.07) is 11.9. The number of methoxy groups -OCH3 is 2. The Labute approximate surface area is 202 Å². The average Bonchev–Trinajstić information content (AvgIpc) is 3.52. The Bertz CT molecular complexity index is 1470. The van der Waals surface area contributed by atoms with Crippen LogP contribution in [0.5, 0.6) is 23.0 Å². The van der Waals surface area contributed by atoms with Crippen molar-refractivity contribution < 1.29 is 36.9 Å². The topological polar surface area (TPSA) is 96.2 Å². The second kappa shape index (κ2) is 8.95. The van der Waals surface area contributed by atoms with Gasteiger partial charge in [-0.05, 0) is 42.0 Å². The molecule has 0 saturated carbocycles. The van der Waals surface area contributed by atoms with Gasteiger partial charge in [0.15, 0.2) is 40.0 Å². The van der Waals surface area contributed by atoms with Crippen molar-refractivity contribution in [1.82, 2.24) is 19.9 Å². The van der Waals surface area contributed by atoms with Crippen molar-refractivity contribution in [2.24, 2.45) is 0 Å². The van der Waals surface area contributed by atoms with E-state index in [1.807, 2.05) is 0 Å². The number of carbonyl (C=O) groups excluding carboxylic acids is 1. The van der Waals surface area contributed by atoms with Crippen LogP contribution in [0.25, 0.3) is 16.9 Å². The lowest BCUT2D eigenvalue weighted by molar-refractivity contribution is -0.142. The molecule has 3 heterocycles. The molecule has 4 aromatic rings. The summed E-state index contributed by atoms with van der Waals surface area (Å²) >= 11 is 0. The molecule has 0 fully saturated rings. The Morgan fingerprint density at radius 1 is 1.03 bits per heavy atom. The number of alkyl halides is 3. The lowest BCUT2D eigenvalue weighted by atomic mass is 10.1. The van der Waals surface area contributed by atoms with Crippen LogP contribution in [0, 0.1) is 0 Å². The number of ether oxygens (including phenoxy) is 4. The normalized spacial score (nSPS) is 12.6. The van der Waals surface area contributed by atoms with Crippen LogP contribution in [0.2, 0.25) is 0 Å². The number of carbonyl (C=O) groups is 1. The molecule has 186 valence electrons. The quantitative estimate of drug-likeness (QED) is 0.426. The molecule has 1 N–H and O–H groups in total. The Kier molecular flexibility index (Phi) is 5.78. The van der Waals surface area contributed by atoms with E-state index in [-0.39, 0.29) is 30.4 Å². The predicted octanol–water partition coefficient (Wildman–Crippen LogP) is 4.09. The molecule has 1 aliphatic rings. The molecule has 36 heavy (non-hydrogen) atoms. The van der Waals surface area contributed by atoms with Gasteiger partial charge in [-0.3, -0.25) is 4.79 Å². The van der Waals surface area contributed by atoms with Crippen molar-refractivity contribution in [2.45, 2.75) is 12.7 Å². The van der Waals surface area contributed by atoms with E-state index in [0.717, 1.165) is 11.6 Å². The van der Waals surface area contributed by atoms with E-state index < -0.39 is 17.8 Å². The number of nitrogens with zero attached hydrogens (tertiary/aromatic N) is 3. The second-order valence-electron chi connectivity index (χ2n) is 7.76. The third-order valence-corrected chi connectivity index (χ3v) is 5.52. The molecule has 2 aromatic carbocycles. The van der Waals surface area contributed by atoms with E-state index in [2.05, 4.69) is 15.4 Å². The number of fused-ring (bicyclic) bond motifs is 2. The summed E-state index contributed by atoms with van der Waals surface area (Å²) in [6.45, 7) is 0.228. The molecule has 1 aliphatic heterocycles. The maximum atomic E-state index is 13.9. The van der Waals surface area contributed by atoms with E-state index >= 15 is 0 Å². The summed E-state index contributed by atoms with van der Waals surface area (Å²) in [5.74, 6) is 1.25. The molecule has 2 aromatic heterocycles. The van der Waals surface area contributed by atoms with Gasteiger partial charge in [0.1, 0.15) is 0 Å². The Balaban J connectivity index is 1.46. The first-order chi connectivity index (χ1) is 17.3. The summed E-state index contributed by atoms with van der Waals surface area (Å²) in [5, 5.41) is 6.53. The number of hydrogen-bond donors (Lipinski definition) is 1. The van der Waals surface area contributed by atoms with Crippen molar-refractivity contribution in [1.29, 1.82) is 0 Å².